The molecule has 7 heteroatoms. The van der Waals surface area contributed by atoms with Crippen molar-refractivity contribution >= 4 is 11.9 Å². The lowest BCUT2D eigenvalue weighted by atomic mass is 10.1. The predicted molar refractivity (Wildman–Crippen MR) is 95.1 cm³/mol. The Kier molecular flexibility index (Phi) is 6.43. The molecule has 2 N–H and O–H groups in total. The molecule has 138 valence electrons. The van der Waals surface area contributed by atoms with Gasteiger partial charge in [0.25, 0.3) is 0 Å². The van der Waals surface area contributed by atoms with Gasteiger partial charge in [0.15, 0.2) is 11.5 Å². The monoisotopic (exact) mass is 359 g/mol. The van der Waals surface area contributed by atoms with Crippen LogP contribution in [0.3, 0.4) is 0 Å². The fraction of sp³-hybridized carbons (Fsp3) is 0.263. The zero-order valence-electron chi connectivity index (χ0n) is 14.9. The molecule has 2 aromatic rings. The number of carbonyl (C=O) groups is 2. The Bertz CT molecular complexity index is 785. The summed E-state index contributed by atoms with van der Waals surface area (Å²) in [5, 5.41) is 11.7. The molecule has 0 aromatic heterocycles. The summed E-state index contributed by atoms with van der Waals surface area (Å²) < 4.78 is 15.8. The van der Waals surface area contributed by atoms with E-state index in [1.54, 1.807) is 24.3 Å². The zero-order chi connectivity index (χ0) is 19.1. The van der Waals surface area contributed by atoms with Gasteiger partial charge in [0.2, 0.25) is 5.91 Å². The van der Waals surface area contributed by atoms with Crippen molar-refractivity contribution in [2.24, 2.45) is 0 Å². The summed E-state index contributed by atoms with van der Waals surface area (Å²) in [5.74, 6) is 0.472. The van der Waals surface area contributed by atoms with Crippen LogP contribution in [0.4, 0.5) is 0 Å². The van der Waals surface area contributed by atoms with Gasteiger partial charge in [-0.3, -0.25) is 4.79 Å². The second-order valence-electron chi connectivity index (χ2n) is 5.47. The number of ether oxygens (including phenoxy) is 3. The maximum absolute atomic E-state index is 12.2. The van der Waals surface area contributed by atoms with Crippen LogP contribution in [-0.4, -0.2) is 38.3 Å². The molecule has 0 bridgehead atoms. The summed E-state index contributed by atoms with van der Waals surface area (Å²) in [5.41, 5.74) is 1.66. The second-order valence-corrected chi connectivity index (χ2v) is 5.47. The molecular formula is C19H21NO6. The Balaban J connectivity index is 2.03. The van der Waals surface area contributed by atoms with Gasteiger partial charge in [0.1, 0.15) is 5.75 Å². The molecule has 0 aliphatic heterocycles. The van der Waals surface area contributed by atoms with Crippen LogP contribution in [0.1, 0.15) is 21.5 Å². The number of hydrogen-bond acceptors (Lipinski definition) is 5. The van der Waals surface area contributed by atoms with E-state index >= 15 is 0 Å². The second kappa shape index (κ2) is 8.75. The number of rotatable bonds is 8. The molecule has 0 atom stereocenters. The Morgan fingerprint density at radius 1 is 0.923 bits per heavy atom. The molecule has 2 rings (SSSR count). The number of carbonyl (C=O) groups excluding carboxylic acids is 1. The standard InChI is InChI=1S/C19H21NO6/c1-24-15-10-17(26-3)16(25-2)9-14(15)11-20-18(21)8-12-4-6-13(7-5-12)19(22)23/h4-7,9-10H,8,11H2,1-3H3,(H,20,21)(H,22,23). The quantitative estimate of drug-likeness (QED) is 0.751. The minimum atomic E-state index is -0.999. The summed E-state index contributed by atoms with van der Waals surface area (Å²) in [4.78, 5) is 23.0. The van der Waals surface area contributed by atoms with Gasteiger partial charge in [-0.2, -0.15) is 0 Å². The van der Waals surface area contributed by atoms with Crippen molar-refractivity contribution in [3.05, 3.63) is 53.1 Å². The number of benzene rings is 2. The minimum Gasteiger partial charge on any atom is -0.496 e. The summed E-state index contributed by atoms with van der Waals surface area (Å²) in [6, 6.07) is 9.65. The van der Waals surface area contributed by atoms with Crippen LogP contribution in [0, 0.1) is 0 Å². The van der Waals surface area contributed by atoms with Gasteiger partial charge >= 0.3 is 5.97 Å². The minimum absolute atomic E-state index is 0.148. The van der Waals surface area contributed by atoms with E-state index in [0.717, 1.165) is 11.1 Å². The highest BCUT2D eigenvalue weighted by molar-refractivity contribution is 5.87. The van der Waals surface area contributed by atoms with E-state index in [1.165, 1.54) is 33.5 Å². The fourth-order valence-corrected chi connectivity index (χ4v) is 2.44. The molecule has 0 fully saturated rings. The van der Waals surface area contributed by atoms with Crippen LogP contribution in [0.5, 0.6) is 17.2 Å². The van der Waals surface area contributed by atoms with Crippen LogP contribution in [0.2, 0.25) is 0 Å². The molecule has 0 radical (unpaired) electrons. The zero-order valence-corrected chi connectivity index (χ0v) is 14.9. The lowest BCUT2D eigenvalue weighted by Crippen LogP contribution is -2.24. The number of nitrogens with one attached hydrogen (secondary N) is 1. The highest BCUT2D eigenvalue weighted by Crippen LogP contribution is 2.34. The van der Waals surface area contributed by atoms with Crippen molar-refractivity contribution in [1.29, 1.82) is 0 Å². The number of aromatic carboxylic acids is 1. The topological polar surface area (TPSA) is 94.1 Å². The van der Waals surface area contributed by atoms with E-state index < -0.39 is 5.97 Å². The van der Waals surface area contributed by atoms with Crippen LogP contribution >= 0.6 is 0 Å². The third kappa shape index (κ3) is 4.66. The molecular weight excluding hydrogens is 338 g/mol. The predicted octanol–water partition coefficient (Wildman–Crippen LogP) is 2.27. The highest BCUT2D eigenvalue weighted by atomic mass is 16.5. The van der Waals surface area contributed by atoms with E-state index in [0.29, 0.717) is 17.2 Å². The van der Waals surface area contributed by atoms with Crippen molar-refractivity contribution in [2.75, 3.05) is 21.3 Å². The Hall–Kier alpha value is -3.22. The van der Waals surface area contributed by atoms with Crippen molar-refractivity contribution in [2.45, 2.75) is 13.0 Å². The van der Waals surface area contributed by atoms with E-state index in [1.807, 2.05) is 0 Å². The van der Waals surface area contributed by atoms with Crippen LogP contribution < -0.4 is 19.5 Å². The smallest absolute Gasteiger partial charge is 0.335 e. The van der Waals surface area contributed by atoms with Crippen molar-refractivity contribution < 1.29 is 28.9 Å². The summed E-state index contributed by atoms with van der Waals surface area (Å²) in [6.45, 7) is 0.259. The number of hydrogen-bond donors (Lipinski definition) is 2. The van der Waals surface area contributed by atoms with Gasteiger partial charge < -0.3 is 24.6 Å². The first kappa shape index (κ1) is 19.1. The molecule has 1 amide bonds. The normalized spacial score (nSPS) is 10.1. The molecule has 0 spiro atoms. The lowest BCUT2D eigenvalue weighted by Gasteiger charge is -2.14. The Labute approximate surface area is 151 Å². The summed E-state index contributed by atoms with van der Waals surface area (Å²) in [7, 11) is 4.61. The maximum Gasteiger partial charge on any atom is 0.335 e. The molecule has 0 saturated carbocycles. The summed E-state index contributed by atoms with van der Waals surface area (Å²) >= 11 is 0. The van der Waals surface area contributed by atoms with Crippen molar-refractivity contribution in [3.8, 4) is 17.2 Å². The largest absolute Gasteiger partial charge is 0.496 e. The summed E-state index contributed by atoms with van der Waals surface area (Å²) in [6.07, 6.45) is 0.148. The molecule has 7 nitrogen and oxygen atoms in total. The molecule has 26 heavy (non-hydrogen) atoms. The lowest BCUT2D eigenvalue weighted by molar-refractivity contribution is -0.120. The van der Waals surface area contributed by atoms with Crippen LogP contribution in [0.25, 0.3) is 0 Å². The molecule has 0 aliphatic rings. The van der Waals surface area contributed by atoms with Crippen LogP contribution in [0.15, 0.2) is 36.4 Å². The van der Waals surface area contributed by atoms with Gasteiger partial charge in [-0.25, -0.2) is 4.79 Å². The van der Waals surface area contributed by atoms with Gasteiger partial charge in [0, 0.05) is 18.2 Å². The van der Waals surface area contributed by atoms with Gasteiger partial charge in [0.05, 0.1) is 33.3 Å². The Morgan fingerprint density at radius 3 is 2.04 bits per heavy atom. The van der Waals surface area contributed by atoms with E-state index in [9.17, 15) is 9.59 Å². The van der Waals surface area contributed by atoms with Gasteiger partial charge in [-0.1, -0.05) is 12.1 Å². The first-order chi connectivity index (χ1) is 12.5. The average molecular weight is 359 g/mol. The molecule has 0 heterocycles. The van der Waals surface area contributed by atoms with Gasteiger partial charge in [-0.05, 0) is 23.8 Å². The van der Waals surface area contributed by atoms with Crippen molar-refractivity contribution in [1.82, 2.24) is 5.32 Å². The number of carboxylic acids is 1. The van der Waals surface area contributed by atoms with E-state index in [4.69, 9.17) is 19.3 Å². The fourth-order valence-electron chi connectivity index (χ4n) is 2.44. The van der Waals surface area contributed by atoms with Gasteiger partial charge in [-0.15, -0.1) is 0 Å². The SMILES string of the molecule is COc1cc(OC)c(OC)cc1CNC(=O)Cc1ccc(C(=O)O)cc1. The van der Waals surface area contributed by atoms with Crippen LogP contribution in [-0.2, 0) is 17.8 Å². The number of amides is 1. The molecule has 0 saturated heterocycles. The first-order valence-electron chi connectivity index (χ1n) is 7.86. The average Bonchev–Trinajstić information content (AvgIpc) is 2.65. The van der Waals surface area contributed by atoms with Crippen molar-refractivity contribution in [3.63, 3.8) is 0 Å². The molecule has 0 unspecified atom stereocenters. The Morgan fingerprint density at radius 2 is 1.50 bits per heavy atom. The highest BCUT2D eigenvalue weighted by Gasteiger charge is 2.13. The third-order valence-corrected chi connectivity index (χ3v) is 3.83. The third-order valence-electron chi connectivity index (χ3n) is 3.83. The van der Waals surface area contributed by atoms with E-state index in [-0.39, 0.29) is 24.4 Å². The van der Waals surface area contributed by atoms with E-state index in [2.05, 4.69) is 5.32 Å². The molecule has 0 aliphatic carbocycles. The number of carboxylic acid groups (broad SMARTS) is 1. The molecule has 2 aromatic carbocycles. The number of methoxy groups -OCH3 is 3. The first-order valence-corrected chi connectivity index (χ1v) is 7.86. The maximum atomic E-state index is 12.2.